The summed E-state index contributed by atoms with van der Waals surface area (Å²) in [5.74, 6) is -1.15. The molecule has 0 unspecified atom stereocenters. The summed E-state index contributed by atoms with van der Waals surface area (Å²) in [5.41, 5.74) is 1.09. The maximum Gasteiger partial charge on any atom is 0.337 e. The van der Waals surface area contributed by atoms with Gasteiger partial charge in [-0.1, -0.05) is 37.8 Å². The van der Waals surface area contributed by atoms with Crippen molar-refractivity contribution < 1.29 is 19.0 Å². The molecule has 1 saturated carbocycles. The van der Waals surface area contributed by atoms with Crippen LogP contribution in [0.5, 0.6) is 11.6 Å². The van der Waals surface area contributed by atoms with Gasteiger partial charge in [0.2, 0.25) is 0 Å². The second-order valence-electron chi connectivity index (χ2n) is 6.18. The predicted octanol–water partition coefficient (Wildman–Crippen LogP) is 5.15. The Labute approximate surface area is 140 Å². The molecular weight excluding hydrogens is 309 g/mol. The van der Waals surface area contributed by atoms with E-state index in [0.717, 1.165) is 12.3 Å². The van der Waals surface area contributed by atoms with E-state index in [1.165, 1.54) is 44.1 Å². The number of nitrogens with zero attached hydrogens (tertiary/aromatic N) is 1. The van der Waals surface area contributed by atoms with E-state index in [-0.39, 0.29) is 11.4 Å². The summed E-state index contributed by atoms with van der Waals surface area (Å²) in [6.07, 6.45) is 8.69. The fraction of sp³-hybridized carbons (Fsp3) is 0.368. The number of pyridine rings is 1. The van der Waals surface area contributed by atoms with Crippen LogP contribution in [0.2, 0.25) is 0 Å². The van der Waals surface area contributed by atoms with Crippen LogP contribution < -0.4 is 4.74 Å². The highest BCUT2D eigenvalue weighted by Crippen LogP contribution is 2.33. The van der Waals surface area contributed by atoms with Crippen molar-refractivity contribution in [2.45, 2.75) is 44.4 Å². The van der Waals surface area contributed by atoms with Gasteiger partial charge >= 0.3 is 5.97 Å². The molecule has 2 aromatic rings. The topological polar surface area (TPSA) is 59.4 Å². The molecule has 0 aliphatic heterocycles. The standard InChI is InChI=1S/C19H20FNO3/c20-17-11-15(19(22)23)12-21-18(17)24-16-9-7-14(8-10-16)13-5-3-1-2-4-6-13/h7-13H,1-6H2,(H,22,23). The zero-order chi connectivity index (χ0) is 16.9. The molecule has 4 nitrogen and oxygen atoms in total. The zero-order valence-electron chi connectivity index (χ0n) is 13.4. The number of aromatic carboxylic acids is 1. The molecule has 0 radical (unpaired) electrons. The van der Waals surface area contributed by atoms with E-state index in [2.05, 4.69) is 4.98 Å². The second-order valence-corrected chi connectivity index (χ2v) is 6.18. The van der Waals surface area contributed by atoms with Crippen molar-refractivity contribution in [1.29, 1.82) is 0 Å². The summed E-state index contributed by atoms with van der Waals surface area (Å²) in [4.78, 5) is 14.5. The predicted molar refractivity (Wildman–Crippen MR) is 88.1 cm³/mol. The highest BCUT2D eigenvalue weighted by molar-refractivity contribution is 5.87. The fourth-order valence-corrected chi connectivity index (χ4v) is 3.15. The number of hydrogen-bond acceptors (Lipinski definition) is 3. The first kappa shape index (κ1) is 16.4. The van der Waals surface area contributed by atoms with Gasteiger partial charge in [0.25, 0.3) is 5.88 Å². The minimum atomic E-state index is -1.22. The number of carboxylic acid groups (broad SMARTS) is 1. The van der Waals surface area contributed by atoms with Crippen molar-refractivity contribution in [3.8, 4) is 11.6 Å². The number of halogens is 1. The van der Waals surface area contributed by atoms with Gasteiger partial charge in [0.1, 0.15) is 5.75 Å². The monoisotopic (exact) mass is 329 g/mol. The average molecular weight is 329 g/mol. The number of benzene rings is 1. The molecule has 0 atom stereocenters. The fourth-order valence-electron chi connectivity index (χ4n) is 3.15. The van der Waals surface area contributed by atoms with Crippen molar-refractivity contribution in [2.75, 3.05) is 0 Å². The van der Waals surface area contributed by atoms with Crippen LogP contribution in [0.3, 0.4) is 0 Å². The van der Waals surface area contributed by atoms with Gasteiger partial charge < -0.3 is 9.84 Å². The van der Waals surface area contributed by atoms with Gasteiger partial charge in [0.15, 0.2) is 5.82 Å². The highest BCUT2D eigenvalue weighted by atomic mass is 19.1. The minimum absolute atomic E-state index is 0.205. The third kappa shape index (κ3) is 3.91. The van der Waals surface area contributed by atoms with E-state index in [9.17, 15) is 9.18 Å². The molecule has 3 rings (SSSR count). The Morgan fingerprint density at radius 1 is 1.12 bits per heavy atom. The molecule has 0 amide bonds. The van der Waals surface area contributed by atoms with E-state index in [1.54, 1.807) is 0 Å². The summed E-state index contributed by atoms with van der Waals surface area (Å²) in [5, 5.41) is 8.82. The Hall–Kier alpha value is -2.43. The average Bonchev–Trinajstić information content (AvgIpc) is 2.86. The van der Waals surface area contributed by atoms with Gasteiger partial charge in [-0.2, -0.15) is 0 Å². The summed E-state index contributed by atoms with van der Waals surface area (Å²) < 4.78 is 19.3. The normalized spacial score (nSPS) is 15.7. The zero-order valence-corrected chi connectivity index (χ0v) is 13.4. The Balaban J connectivity index is 1.71. The molecule has 5 heteroatoms. The summed E-state index contributed by atoms with van der Waals surface area (Å²) in [6, 6.07) is 8.58. The third-order valence-electron chi connectivity index (χ3n) is 4.48. The maximum absolute atomic E-state index is 13.9. The lowest BCUT2D eigenvalue weighted by Gasteiger charge is -2.15. The molecule has 1 aromatic carbocycles. The second kappa shape index (κ2) is 7.43. The molecule has 1 N–H and O–H groups in total. The van der Waals surface area contributed by atoms with E-state index in [4.69, 9.17) is 9.84 Å². The molecular formula is C19H20FNO3. The number of aromatic nitrogens is 1. The van der Waals surface area contributed by atoms with Crippen LogP contribution in [0, 0.1) is 5.82 Å². The molecule has 0 bridgehead atoms. The van der Waals surface area contributed by atoms with E-state index in [0.29, 0.717) is 11.7 Å². The van der Waals surface area contributed by atoms with Crippen LogP contribution in [-0.4, -0.2) is 16.1 Å². The lowest BCUT2D eigenvalue weighted by molar-refractivity contribution is 0.0695. The minimum Gasteiger partial charge on any atom is -0.478 e. The highest BCUT2D eigenvalue weighted by Gasteiger charge is 2.15. The van der Waals surface area contributed by atoms with Gasteiger partial charge in [0.05, 0.1) is 5.56 Å². The number of ether oxygens (including phenoxy) is 1. The molecule has 1 aliphatic rings. The molecule has 1 heterocycles. The summed E-state index contributed by atoms with van der Waals surface area (Å²) >= 11 is 0. The first-order valence-electron chi connectivity index (χ1n) is 8.30. The molecule has 1 fully saturated rings. The molecule has 0 spiro atoms. The molecule has 1 aromatic heterocycles. The van der Waals surface area contributed by atoms with Gasteiger partial charge in [-0.3, -0.25) is 0 Å². The number of hydrogen-bond donors (Lipinski definition) is 1. The largest absolute Gasteiger partial charge is 0.478 e. The van der Waals surface area contributed by atoms with Crippen molar-refractivity contribution >= 4 is 5.97 Å². The van der Waals surface area contributed by atoms with Crippen molar-refractivity contribution in [2.24, 2.45) is 0 Å². The van der Waals surface area contributed by atoms with Crippen molar-refractivity contribution in [3.63, 3.8) is 0 Å². The van der Waals surface area contributed by atoms with Gasteiger partial charge in [0, 0.05) is 6.20 Å². The smallest absolute Gasteiger partial charge is 0.337 e. The molecule has 1 aliphatic carbocycles. The number of carbonyl (C=O) groups is 1. The van der Waals surface area contributed by atoms with Gasteiger partial charge in [-0.25, -0.2) is 14.2 Å². The SMILES string of the molecule is O=C(O)c1cnc(Oc2ccc(C3CCCCCC3)cc2)c(F)c1. The number of carboxylic acids is 1. The van der Waals surface area contributed by atoms with Crippen LogP contribution in [0.1, 0.15) is 60.4 Å². The first-order valence-corrected chi connectivity index (χ1v) is 8.30. The quantitative estimate of drug-likeness (QED) is 0.788. The van der Waals surface area contributed by atoms with E-state index in [1.807, 2.05) is 24.3 Å². The Bertz CT molecular complexity index is 707. The Morgan fingerprint density at radius 3 is 2.38 bits per heavy atom. The van der Waals surface area contributed by atoms with E-state index >= 15 is 0 Å². The first-order chi connectivity index (χ1) is 11.6. The third-order valence-corrected chi connectivity index (χ3v) is 4.48. The summed E-state index contributed by atoms with van der Waals surface area (Å²) in [6.45, 7) is 0. The van der Waals surface area contributed by atoms with Crippen LogP contribution >= 0.6 is 0 Å². The van der Waals surface area contributed by atoms with Crippen LogP contribution in [0.15, 0.2) is 36.5 Å². The van der Waals surface area contributed by atoms with Crippen LogP contribution in [0.4, 0.5) is 4.39 Å². The summed E-state index contributed by atoms with van der Waals surface area (Å²) in [7, 11) is 0. The van der Waals surface area contributed by atoms with Gasteiger partial charge in [-0.15, -0.1) is 0 Å². The molecule has 0 saturated heterocycles. The molecule has 126 valence electrons. The van der Waals surface area contributed by atoms with Gasteiger partial charge in [-0.05, 0) is 42.5 Å². The Kier molecular flexibility index (Phi) is 5.08. The molecule has 24 heavy (non-hydrogen) atoms. The lowest BCUT2D eigenvalue weighted by Crippen LogP contribution is -2.01. The number of rotatable bonds is 4. The van der Waals surface area contributed by atoms with Crippen LogP contribution in [-0.2, 0) is 0 Å². The lowest BCUT2D eigenvalue weighted by atomic mass is 9.92. The van der Waals surface area contributed by atoms with E-state index < -0.39 is 11.8 Å². The van der Waals surface area contributed by atoms with Crippen LogP contribution in [0.25, 0.3) is 0 Å². The van der Waals surface area contributed by atoms with Crippen molar-refractivity contribution in [1.82, 2.24) is 4.98 Å². The Morgan fingerprint density at radius 2 is 1.79 bits per heavy atom. The van der Waals surface area contributed by atoms with Crippen molar-refractivity contribution in [3.05, 3.63) is 53.5 Å². The maximum atomic E-state index is 13.9.